The van der Waals surface area contributed by atoms with Gasteiger partial charge in [0.1, 0.15) is 0 Å². The fourth-order valence-electron chi connectivity index (χ4n) is 2.50. The molecule has 1 aliphatic heterocycles. The first kappa shape index (κ1) is 12.3. The van der Waals surface area contributed by atoms with Gasteiger partial charge in [0, 0.05) is 6.61 Å². The average Bonchev–Trinajstić information content (AvgIpc) is 3.10. The van der Waals surface area contributed by atoms with Crippen molar-refractivity contribution in [3.8, 4) is 5.69 Å². The Bertz CT molecular complexity index is 519. The van der Waals surface area contributed by atoms with Gasteiger partial charge in [-0.15, -0.1) is 5.10 Å². The van der Waals surface area contributed by atoms with E-state index < -0.39 is 0 Å². The number of hydrogen-bond donors (Lipinski definition) is 1. The van der Waals surface area contributed by atoms with Gasteiger partial charge < -0.3 is 10.5 Å². The van der Waals surface area contributed by atoms with E-state index in [2.05, 4.69) is 10.3 Å². The molecule has 0 spiro atoms. The van der Waals surface area contributed by atoms with Crippen LogP contribution < -0.4 is 5.73 Å². The molecule has 1 saturated heterocycles. The highest BCUT2D eigenvalue weighted by molar-refractivity contribution is 5.32. The lowest BCUT2D eigenvalue weighted by molar-refractivity contribution is 0.0978. The molecule has 1 fully saturated rings. The molecule has 2 heterocycles. The summed E-state index contributed by atoms with van der Waals surface area (Å²) in [7, 11) is 0. The van der Waals surface area contributed by atoms with Gasteiger partial charge in [0.2, 0.25) is 0 Å². The summed E-state index contributed by atoms with van der Waals surface area (Å²) in [5, 5.41) is 8.11. The topological polar surface area (TPSA) is 66.0 Å². The zero-order chi connectivity index (χ0) is 13.1. The van der Waals surface area contributed by atoms with Crippen molar-refractivity contribution in [1.29, 1.82) is 0 Å². The van der Waals surface area contributed by atoms with Gasteiger partial charge >= 0.3 is 0 Å². The Balaban J connectivity index is 1.79. The summed E-state index contributed by atoms with van der Waals surface area (Å²) in [5.74, 6) is 0. The van der Waals surface area contributed by atoms with Crippen LogP contribution in [0.2, 0.25) is 0 Å². The molecule has 2 N–H and O–H groups in total. The first-order valence-corrected chi connectivity index (χ1v) is 6.68. The number of nitrogens with two attached hydrogens (primary N) is 1. The van der Waals surface area contributed by atoms with Crippen LogP contribution in [-0.4, -0.2) is 27.7 Å². The molecule has 5 heteroatoms. The van der Waals surface area contributed by atoms with Crippen molar-refractivity contribution in [2.75, 3.05) is 6.61 Å². The second kappa shape index (κ2) is 5.50. The SMILES string of the molecule is NC(CC1CCCO1)c1cnnn1-c1ccccc1. The van der Waals surface area contributed by atoms with Crippen LogP contribution in [-0.2, 0) is 4.74 Å². The summed E-state index contributed by atoms with van der Waals surface area (Å²) in [5.41, 5.74) is 8.19. The zero-order valence-corrected chi connectivity index (χ0v) is 10.8. The van der Waals surface area contributed by atoms with Crippen LogP contribution in [0.25, 0.3) is 5.69 Å². The average molecular weight is 258 g/mol. The van der Waals surface area contributed by atoms with Crippen LogP contribution in [0, 0.1) is 0 Å². The molecule has 0 radical (unpaired) electrons. The highest BCUT2D eigenvalue weighted by atomic mass is 16.5. The highest BCUT2D eigenvalue weighted by Crippen LogP contribution is 2.24. The van der Waals surface area contributed by atoms with E-state index in [1.54, 1.807) is 10.9 Å². The molecule has 0 amide bonds. The largest absolute Gasteiger partial charge is 0.378 e. The third-order valence-corrected chi connectivity index (χ3v) is 3.50. The van der Waals surface area contributed by atoms with Gasteiger partial charge in [0.25, 0.3) is 0 Å². The van der Waals surface area contributed by atoms with Crippen LogP contribution in [0.1, 0.15) is 31.0 Å². The fourth-order valence-corrected chi connectivity index (χ4v) is 2.50. The molecule has 100 valence electrons. The molecular formula is C14H18N4O. The molecule has 2 unspecified atom stereocenters. The van der Waals surface area contributed by atoms with E-state index in [0.717, 1.165) is 37.3 Å². The van der Waals surface area contributed by atoms with E-state index >= 15 is 0 Å². The molecule has 1 aromatic heterocycles. The third kappa shape index (κ3) is 2.67. The summed E-state index contributed by atoms with van der Waals surface area (Å²) in [4.78, 5) is 0. The highest BCUT2D eigenvalue weighted by Gasteiger charge is 2.22. The van der Waals surface area contributed by atoms with Crippen molar-refractivity contribution in [3.63, 3.8) is 0 Å². The van der Waals surface area contributed by atoms with Crippen molar-refractivity contribution in [1.82, 2.24) is 15.0 Å². The Morgan fingerprint density at radius 2 is 2.21 bits per heavy atom. The lowest BCUT2D eigenvalue weighted by atomic mass is 10.1. The van der Waals surface area contributed by atoms with E-state index in [9.17, 15) is 0 Å². The quantitative estimate of drug-likeness (QED) is 0.908. The number of rotatable bonds is 4. The van der Waals surface area contributed by atoms with Gasteiger partial charge in [-0.05, 0) is 31.4 Å². The Kier molecular flexibility index (Phi) is 3.57. The summed E-state index contributed by atoms with van der Waals surface area (Å²) in [6.07, 6.45) is 5.07. The third-order valence-electron chi connectivity index (χ3n) is 3.50. The number of aromatic nitrogens is 3. The Morgan fingerprint density at radius 1 is 1.37 bits per heavy atom. The minimum atomic E-state index is -0.0988. The van der Waals surface area contributed by atoms with Crippen molar-refractivity contribution in [3.05, 3.63) is 42.2 Å². The molecule has 2 atom stereocenters. The van der Waals surface area contributed by atoms with Crippen molar-refractivity contribution >= 4 is 0 Å². The van der Waals surface area contributed by atoms with E-state index in [4.69, 9.17) is 10.5 Å². The van der Waals surface area contributed by atoms with Gasteiger partial charge in [-0.3, -0.25) is 0 Å². The second-order valence-electron chi connectivity index (χ2n) is 4.88. The standard InChI is InChI=1S/C14H18N4O/c15-13(9-12-7-4-8-19-12)14-10-16-17-18(14)11-5-2-1-3-6-11/h1-3,5-6,10,12-13H,4,7-9,15H2. The van der Waals surface area contributed by atoms with Crippen molar-refractivity contribution in [2.24, 2.45) is 5.73 Å². The molecule has 0 bridgehead atoms. The van der Waals surface area contributed by atoms with E-state index in [0.29, 0.717) is 0 Å². The van der Waals surface area contributed by atoms with Crippen molar-refractivity contribution in [2.45, 2.75) is 31.4 Å². The molecule has 0 saturated carbocycles. The maximum atomic E-state index is 6.28. The van der Waals surface area contributed by atoms with E-state index in [1.807, 2.05) is 30.3 Å². The maximum absolute atomic E-state index is 6.28. The first-order valence-electron chi connectivity index (χ1n) is 6.68. The predicted octanol–water partition coefficient (Wildman–Crippen LogP) is 1.84. The summed E-state index contributed by atoms with van der Waals surface area (Å²) >= 11 is 0. The summed E-state index contributed by atoms with van der Waals surface area (Å²) < 4.78 is 7.44. The molecule has 0 aliphatic carbocycles. The normalized spacial score (nSPS) is 20.6. The molecule has 1 aromatic carbocycles. The van der Waals surface area contributed by atoms with Gasteiger partial charge in [-0.25, -0.2) is 4.68 Å². The molecular weight excluding hydrogens is 240 g/mol. The molecule has 1 aliphatic rings. The Hall–Kier alpha value is -1.72. The van der Waals surface area contributed by atoms with E-state index in [-0.39, 0.29) is 12.1 Å². The van der Waals surface area contributed by atoms with Crippen LogP contribution in [0.5, 0.6) is 0 Å². The zero-order valence-electron chi connectivity index (χ0n) is 10.8. The molecule has 5 nitrogen and oxygen atoms in total. The molecule has 2 aromatic rings. The summed E-state index contributed by atoms with van der Waals surface area (Å²) in [6, 6.07) is 9.83. The van der Waals surface area contributed by atoms with Crippen LogP contribution in [0.4, 0.5) is 0 Å². The van der Waals surface area contributed by atoms with Crippen molar-refractivity contribution < 1.29 is 4.74 Å². The molecule has 19 heavy (non-hydrogen) atoms. The van der Waals surface area contributed by atoms with Crippen LogP contribution in [0.3, 0.4) is 0 Å². The molecule has 3 rings (SSSR count). The van der Waals surface area contributed by atoms with Gasteiger partial charge in [0.05, 0.1) is 29.7 Å². The maximum Gasteiger partial charge on any atom is 0.0814 e. The first-order chi connectivity index (χ1) is 9.34. The smallest absolute Gasteiger partial charge is 0.0814 e. The number of nitrogens with zero attached hydrogens (tertiary/aromatic N) is 3. The Morgan fingerprint density at radius 3 is 2.95 bits per heavy atom. The lowest BCUT2D eigenvalue weighted by Gasteiger charge is -2.16. The lowest BCUT2D eigenvalue weighted by Crippen LogP contribution is -2.21. The number of benzene rings is 1. The minimum absolute atomic E-state index is 0.0988. The fraction of sp³-hybridized carbons (Fsp3) is 0.429. The predicted molar refractivity (Wildman–Crippen MR) is 71.9 cm³/mol. The summed E-state index contributed by atoms with van der Waals surface area (Å²) in [6.45, 7) is 0.855. The number of para-hydroxylation sites is 1. The van der Waals surface area contributed by atoms with Gasteiger partial charge in [0.15, 0.2) is 0 Å². The van der Waals surface area contributed by atoms with E-state index in [1.165, 1.54) is 0 Å². The monoisotopic (exact) mass is 258 g/mol. The van der Waals surface area contributed by atoms with Gasteiger partial charge in [-0.2, -0.15) is 0 Å². The minimum Gasteiger partial charge on any atom is -0.378 e. The number of ether oxygens (including phenoxy) is 1. The van der Waals surface area contributed by atoms with Crippen LogP contribution in [0.15, 0.2) is 36.5 Å². The second-order valence-corrected chi connectivity index (χ2v) is 4.88. The number of hydrogen-bond acceptors (Lipinski definition) is 4. The Labute approximate surface area is 112 Å². The van der Waals surface area contributed by atoms with Crippen LogP contribution >= 0.6 is 0 Å². The van der Waals surface area contributed by atoms with Gasteiger partial charge in [-0.1, -0.05) is 23.4 Å².